The summed E-state index contributed by atoms with van der Waals surface area (Å²) in [6.07, 6.45) is 0.111. The largest absolute Gasteiger partial charge is 0.481 e. The summed E-state index contributed by atoms with van der Waals surface area (Å²) in [6.45, 7) is 3.10. The summed E-state index contributed by atoms with van der Waals surface area (Å²) in [5.74, 6) is -2.89. The highest BCUT2D eigenvalue weighted by atomic mass is 16.4. The minimum absolute atomic E-state index is 0.111. The van der Waals surface area contributed by atoms with Gasteiger partial charge in [-0.2, -0.15) is 0 Å². The van der Waals surface area contributed by atoms with Gasteiger partial charge in [-0.1, -0.05) is 30.3 Å². The Kier molecular flexibility index (Phi) is 3.88. The van der Waals surface area contributed by atoms with Gasteiger partial charge in [0.2, 0.25) is 11.8 Å². The SMILES string of the molecule is CC(C(=O)O)C(C)N1C(=O)CC(c2ccccc2)C1=O. The molecule has 5 heteroatoms. The van der Waals surface area contributed by atoms with Gasteiger partial charge in [-0.25, -0.2) is 0 Å². The minimum atomic E-state index is -1.01. The fraction of sp³-hybridized carbons (Fsp3) is 0.400. The number of carboxylic acids is 1. The van der Waals surface area contributed by atoms with Crippen LogP contribution in [-0.2, 0) is 14.4 Å². The van der Waals surface area contributed by atoms with Gasteiger partial charge in [-0.3, -0.25) is 19.3 Å². The molecule has 0 aromatic heterocycles. The van der Waals surface area contributed by atoms with Gasteiger partial charge in [-0.05, 0) is 19.4 Å². The van der Waals surface area contributed by atoms with Crippen LogP contribution in [0.1, 0.15) is 31.7 Å². The lowest BCUT2D eigenvalue weighted by Crippen LogP contribution is -2.44. The Morgan fingerprint density at radius 1 is 1.25 bits per heavy atom. The number of likely N-dealkylation sites (tertiary alicyclic amines) is 1. The normalized spacial score (nSPS) is 21.9. The van der Waals surface area contributed by atoms with Crippen LogP contribution in [0.2, 0.25) is 0 Å². The summed E-state index contributed by atoms with van der Waals surface area (Å²) in [7, 11) is 0. The average molecular weight is 275 g/mol. The first-order valence-corrected chi connectivity index (χ1v) is 6.57. The molecule has 1 aromatic carbocycles. The smallest absolute Gasteiger partial charge is 0.308 e. The van der Waals surface area contributed by atoms with Crippen molar-refractivity contribution in [1.29, 1.82) is 0 Å². The van der Waals surface area contributed by atoms with Crippen molar-refractivity contribution in [1.82, 2.24) is 4.90 Å². The van der Waals surface area contributed by atoms with Crippen LogP contribution in [0.5, 0.6) is 0 Å². The highest BCUT2D eigenvalue weighted by Gasteiger charge is 2.43. The van der Waals surface area contributed by atoms with Gasteiger partial charge in [-0.15, -0.1) is 0 Å². The second-order valence-electron chi connectivity index (χ2n) is 5.14. The molecule has 0 spiro atoms. The topological polar surface area (TPSA) is 74.7 Å². The summed E-state index contributed by atoms with van der Waals surface area (Å²) in [4.78, 5) is 36.6. The van der Waals surface area contributed by atoms with E-state index in [9.17, 15) is 14.4 Å². The highest BCUT2D eigenvalue weighted by Crippen LogP contribution is 2.32. The molecule has 0 aliphatic carbocycles. The van der Waals surface area contributed by atoms with Crippen molar-refractivity contribution in [3.63, 3.8) is 0 Å². The van der Waals surface area contributed by atoms with Crippen molar-refractivity contribution in [3.8, 4) is 0 Å². The number of rotatable bonds is 4. The third-order valence-corrected chi connectivity index (χ3v) is 3.91. The van der Waals surface area contributed by atoms with Gasteiger partial charge in [0.25, 0.3) is 0 Å². The molecule has 1 N–H and O–H groups in total. The first-order chi connectivity index (χ1) is 9.43. The maximum atomic E-state index is 12.4. The molecule has 20 heavy (non-hydrogen) atoms. The van der Waals surface area contributed by atoms with Crippen molar-refractivity contribution in [2.24, 2.45) is 5.92 Å². The lowest BCUT2D eigenvalue weighted by molar-refractivity contribution is -0.148. The monoisotopic (exact) mass is 275 g/mol. The number of hydrogen-bond acceptors (Lipinski definition) is 3. The van der Waals surface area contributed by atoms with E-state index in [2.05, 4.69) is 0 Å². The van der Waals surface area contributed by atoms with Gasteiger partial charge < -0.3 is 5.11 Å². The molecule has 3 unspecified atom stereocenters. The van der Waals surface area contributed by atoms with E-state index in [4.69, 9.17) is 5.11 Å². The van der Waals surface area contributed by atoms with Crippen molar-refractivity contribution in [2.75, 3.05) is 0 Å². The highest BCUT2D eigenvalue weighted by molar-refractivity contribution is 6.06. The Morgan fingerprint density at radius 2 is 1.85 bits per heavy atom. The quantitative estimate of drug-likeness (QED) is 0.848. The van der Waals surface area contributed by atoms with Crippen molar-refractivity contribution in [2.45, 2.75) is 32.2 Å². The molecule has 1 aromatic rings. The molecular weight excluding hydrogens is 258 g/mol. The van der Waals surface area contributed by atoms with Crippen molar-refractivity contribution < 1.29 is 19.5 Å². The molecule has 1 aliphatic rings. The lowest BCUT2D eigenvalue weighted by Gasteiger charge is -2.26. The fourth-order valence-electron chi connectivity index (χ4n) is 2.45. The predicted octanol–water partition coefficient (Wildman–Crippen LogP) is 1.64. The number of imide groups is 1. The van der Waals surface area contributed by atoms with Crippen LogP contribution in [0.15, 0.2) is 30.3 Å². The molecule has 0 radical (unpaired) electrons. The number of hydrogen-bond donors (Lipinski definition) is 1. The summed E-state index contributed by atoms with van der Waals surface area (Å²) < 4.78 is 0. The van der Waals surface area contributed by atoms with E-state index in [0.29, 0.717) is 0 Å². The van der Waals surface area contributed by atoms with Gasteiger partial charge >= 0.3 is 5.97 Å². The Hall–Kier alpha value is -2.17. The predicted molar refractivity (Wildman–Crippen MR) is 71.9 cm³/mol. The molecule has 2 rings (SSSR count). The zero-order valence-corrected chi connectivity index (χ0v) is 11.4. The van der Waals surface area contributed by atoms with E-state index in [1.807, 2.05) is 30.3 Å². The Labute approximate surface area is 117 Å². The summed E-state index contributed by atoms with van der Waals surface area (Å²) in [6, 6.07) is 8.46. The molecular formula is C15H17NO4. The van der Waals surface area contributed by atoms with E-state index in [0.717, 1.165) is 10.5 Å². The van der Waals surface area contributed by atoms with Gasteiger partial charge in [0, 0.05) is 12.5 Å². The van der Waals surface area contributed by atoms with Crippen molar-refractivity contribution in [3.05, 3.63) is 35.9 Å². The summed E-state index contributed by atoms with van der Waals surface area (Å²) >= 11 is 0. The van der Waals surface area contributed by atoms with Crippen LogP contribution < -0.4 is 0 Å². The maximum absolute atomic E-state index is 12.4. The van der Waals surface area contributed by atoms with E-state index >= 15 is 0 Å². The fourth-order valence-corrected chi connectivity index (χ4v) is 2.45. The number of carboxylic acid groups (broad SMARTS) is 1. The van der Waals surface area contributed by atoms with Gasteiger partial charge in [0.15, 0.2) is 0 Å². The van der Waals surface area contributed by atoms with Crippen LogP contribution in [0.25, 0.3) is 0 Å². The molecule has 106 valence electrons. The van der Waals surface area contributed by atoms with Crippen LogP contribution >= 0.6 is 0 Å². The molecule has 1 saturated heterocycles. The second-order valence-corrected chi connectivity index (χ2v) is 5.14. The third kappa shape index (κ3) is 2.43. The maximum Gasteiger partial charge on any atom is 0.308 e. The van der Waals surface area contributed by atoms with Crippen LogP contribution in [0.3, 0.4) is 0 Å². The van der Waals surface area contributed by atoms with Crippen molar-refractivity contribution >= 4 is 17.8 Å². The lowest BCUT2D eigenvalue weighted by atomic mass is 9.97. The first-order valence-electron chi connectivity index (χ1n) is 6.57. The van der Waals surface area contributed by atoms with Crippen LogP contribution in [0.4, 0.5) is 0 Å². The Morgan fingerprint density at radius 3 is 2.40 bits per heavy atom. The number of carbonyl (C=O) groups excluding carboxylic acids is 2. The number of aliphatic carboxylic acids is 1. The summed E-state index contributed by atoms with van der Waals surface area (Å²) in [5, 5.41) is 9.02. The number of carbonyl (C=O) groups is 3. The van der Waals surface area contributed by atoms with Gasteiger partial charge in [0.05, 0.1) is 11.8 Å². The molecule has 0 bridgehead atoms. The van der Waals surface area contributed by atoms with E-state index < -0.39 is 23.8 Å². The molecule has 1 aliphatic heterocycles. The van der Waals surface area contributed by atoms with E-state index in [1.54, 1.807) is 6.92 Å². The third-order valence-electron chi connectivity index (χ3n) is 3.91. The second kappa shape index (κ2) is 5.45. The molecule has 3 atom stereocenters. The first kappa shape index (κ1) is 14.2. The van der Waals surface area contributed by atoms with E-state index in [-0.39, 0.29) is 18.2 Å². The van der Waals surface area contributed by atoms with Gasteiger partial charge in [0.1, 0.15) is 0 Å². The van der Waals surface area contributed by atoms with Crippen LogP contribution in [0, 0.1) is 5.92 Å². The standard InChI is InChI=1S/C15H17NO4/c1-9(15(19)20)10(2)16-13(17)8-12(14(16)18)11-6-4-3-5-7-11/h3-7,9-10,12H,8H2,1-2H3,(H,19,20). The van der Waals surface area contributed by atoms with E-state index in [1.165, 1.54) is 6.92 Å². The molecule has 1 fully saturated rings. The minimum Gasteiger partial charge on any atom is -0.481 e. The zero-order chi connectivity index (χ0) is 14.9. The van der Waals surface area contributed by atoms with Crippen LogP contribution in [-0.4, -0.2) is 33.8 Å². The number of benzene rings is 1. The Balaban J connectivity index is 2.24. The molecule has 5 nitrogen and oxygen atoms in total. The average Bonchev–Trinajstić information content (AvgIpc) is 2.73. The molecule has 0 saturated carbocycles. The number of nitrogens with zero attached hydrogens (tertiary/aromatic N) is 1. The molecule has 1 heterocycles. The zero-order valence-electron chi connectivity index (χ0n) is 11.4. The summed E-state index contributed by atoms with van der Waals surface area (Å²) in [5.41, 5.74) is 0.795. The molecule has 2 amide bonds. The Bertz CT molecular complexity index is 540. The number of amides is 2.